The Morgan fingerprint density at radius 2 is 1.74 bits per heavy atom. The predicted molar refractivity (Wildman–Crippen MR) is 107 cm³/mol. The number of hydrogen-bond acceptors (Lipinski definition) is 1. The SMILES string of the molecule is O=C(CC1(c2ccccc2)C2CC3CC4CC1C4(C3)C2)NC1CCCCC1. The molecule has 0 heterocycles. The van der Waals surface area contributed by atoms with Crippen molar-refractivity contribution in [1.29, 1.82) is 0 Å². The van der Waals surface area contributed by atoms with Crippen LogP contribution >= 0.6 is 0 Å². The summed E-state index contributed by atoms with van der Waals surface area (Å²) in [6.45, 7) is 0. The fraction of sp³-hybridized carbons (Fsp3) is 0.720. The lowest BCUT2D eigenvalue weighted by atomic mass is 9.49. The normalized spacial score (nSPS) is 44.7. The molecule has 2 nitrogen and oxygen atoms in total. The molecule has 5 fully saturated rings. The van der Waals surface area contributed by atoms with Crippen LogP contribution in [0.25, 0.3) is 0 Å². The van der Waals surface area contributed by atoms with Crippen molar-refractivity contribution < 1.29 is 4.79 Å². The van der Waals surface area contributed by atoms with Crippen molar-refractivity contribution in [2.24, 2.45) is 29.1 Å². The van der Waals surface area contributed by atoms with E-state index in [1.807, 2.05) is 0 Å². The monoisotopic (exact) mass is 363 g/mol. The van der Waals surface area contributed by atoms with Gasteiger partial charge in [0, 0.05) is 17.9 Å². The number of carbonyl (C=O) groups excluding carboxylic acids is 1. The maximum Gasteiger partial charge on any atom is 0.221 e. The summed E-state index contributed by atoms with van der Waals surface area (Å²) in [6.07, 6.45) is 14.2. The zero-order valence-electron chi connectivity index (χ0n) is 16.5. The molecule has 27 heavy (non-hydrogen) atoms. The maximum atomic E-state index is 13.3. The number of fused-ring (bicyclic) bond motifs is 2. The van der Waals surface area contributed by atoms with Crippen LogP contribution in [0.4, 0.5) is 0 Å². The van der Waals surface area contributed by atoms with E-state index in [-0.39, 0.29) is 5.41 Å². The summed E-state index contributed by atoms with van der Waals surface area (Å²) in [7, 11) is 0. The molecule has 0 aromatic heterocycles. The molecule has 1 aromatic rings. The van der Waals surface area contributed by atoms with Crippen LogP contribution in [0.3, 0.4) is 0 Å². The molecule has 144 valence electrons. The smallest absolute Gasteiger partial charge is 0.221 e. The highest BCUT2D eigenvalue weighted by molar-refractivity contribution is 5.78. The average molecular weight is 364 g/mol. The Balaban J connectivity index is 1.34. The van der Waals surface area contributed by atoms with Crippen LogP contribution < -0.4 is 5.32 Å². The first kappa shape index (κ1) is 16.6. The first-order chi connectivity index (χ1) is 13.2. The van der Waals surface area contributed by atoms with Crippen molar-refractivity contribution in [2.75, 3.05) is 0 Å². The van der Waals surface area contributed by atoms with Crippen LogP contribution in [0.5, 0.6) is 0 Å². The van der Waals surface area contributed by atoms with E-state index >= 15 is 0 Å². The number of benzene rings is 1. The molecule has 0 saturated heterocycles. The van der Waals surface area contributed by atoms with Crippen molar-refractivity contribution >= 4 is 5.91 Å². The van der Waals surface area contributed by atoms with Gasteiger partial charge in [-0.05, 0) is 79.6 Å². The van der Waals surface area contributed by atoms with Gasteiger partial charge in [0.1, 0.15) is 0 Å². The van der Waals surface area contributed by atoms with Crippen LogP contribution in [-0.2, 0) is 10.2 Å². The highest BCUT2D eigenvalue weighted by Gasteiger charge is 2.75. The molecule has 3 bridgehead atoms. The molecule has 1 spiro atoms. The van der Waals surface area contributed by atoms with Gasteiger partial charge >= 0.3 is 0 Å². The van der Waals surface area contributed by atoms with E-state index in [0.717, 1.165) is 30.1 Å². The van der Waals surface area contributed by atoms with E-state index < -0.39 is 0 Å². The molecular weight excluding hydrogens is 330 g/mol. The lowest BCUT2D eigenvalue weighted by Crippen LogP contribution is -2.52. The summed E-state index contributed by atoms with van der Waals surface area (Å²) in [4.78, 5) is 13.3. The van der Waals surface area contributed by atoms with Gasteiger partial charge < -0.3 is 5.32 Å². The third-order valence-corrected chi connectivity index (χ3v) is 9.64. The standard InChI is InChI=1S/C25H33NO/c27-23(26-21-9-5-2-6-10-21)16-25(18-7-3-1-4-8-18)20-12-17-11-19-13-22(25)24(19,14-17)15-20/h1,3-4,7-8,17,19-22H,2,5-6,9-16H2,(H,26,27). The molecule has 6 unspecified atom stereocenters. The van der Waals surface area contributed by atoms with Crippen LogP contribution in [0, 0.1) is 29.1 Å². The number of hydrogen-bond donors (Lipinski definition) is 1. The Hall–Kier alpha value is -1.31. The Morgan fingerprint density at radius 3 is 2.56 bits per heavy atom. The van der Waals surface area contributed by atoms with Gasteiger partial charge in [-0.15, -0.1) is 0 Å². The Kier molecular flexibility index (Phi) is 3.60. The first-order valence-electron chi connectivity index (χ1n) is 11.6. The molecule has 1 N–H and O–H groups in total. The number of rotatable bonds is 4. The van der Waals surface area contributed by atoms with Gasteiger partial charge in [-0.3, -0.25) is 4.79 Å². The lowest BCUT2D eigenvalue weighted by Gasteiger charge is -2.55. The Morgan fingerprint density at radius 1 is 0.963 bits per heavy atom. The van der Waals surface area contributed by atoms with Gasteiger partial charge in [0.2, 0.25) is 5.91 Å². The largest absolute Gasteiger partial charge is 0.353 e. The summed E-state index contributed by atoms with van der Waals surface area (Å²) in [5.74, 6) is 3.75. The lowest BCUT2D eigenvalue weighted by molar-refractivity contribution is -0.125. The van der Waals surface area contributed by atoms with Gasteiger partial charge in [-0.25, -0.2) is 0 Å². The van der Waals surface area contributed by atoms with Crippen molar-refractivity contribution in [3.63, 3.8) is 0 Å². The molecule has 1 aromatic carbocycles. The third-order valence-electron chi connectivity index (χ3n) is 9.64. The van der Waals surface area contributed by atoms with E-state index in [2.05, 4.69) is 35.6 Å². The zero-order valence-corrected chi connectivity index (χ0v) is 16.5. The van der Waals surface area contributed by atoms with E-state index in [0.29, 0.717) is 17.4 Å². The number of carbonyl (C=O) groups is 1. The minimum absolute atomic E-state index is 0.117. The summed E-state index contributed by atoms with van der Waals surface area (Å²) in [6, 6.07) is 11.6. The third kappa shape index (κ3) is 2.22. The van der Waals surface area contributed by atoms with Crippen LogP contribution in [0.1, 0.15) is 76.2 Å². The molecule has 0 radical (unpaired) electrons. The summed E-state index contributed by atoms with van der Waals surface area (Å²) in [5, 5.41) is 3.46. The molecule has 5 saturated carbocycles. The molecule has 0 aliphatic heterocycles. The molecular formula is C25H33NO. The minimum atomic E-state index is 0.117. The van der Waals surface area contributed by atoms with Gasteiger partial charge in [0.05, 0.1) is 0 Å². The van der Waals surface area contributed by atoms with Crippen LogP contribution in [0.2, 0.25) is 0 Å². The van der Waals surface area contributed by atoms with Crippen molar-refractivity contribution in [1.82, 2.24) is 5.32 Å². The van der Waals surface area contributed by atoms with Gasteiger partial charge in [-0.1, -0.05) is 49.6 Å². The Labute approximate surface area is 163 Å². The minimum Gasteiger partial charge on any atom is -0.353 e. The topological polar surface area (TPSA) is 29.1 Å². The van der Waals surface area contributed by atoms with E-state index in [4.69, 9.17) is 0 Å². The zero-order chi connectivity index (χ0) is 18.1. The molecule has 1 amide bonds. The van der Waals surface area contributed by atoms with Crippen molar-refractivity contribution in [3.8, 4) is 0 Å². The predicted octanol–water partition coefficient (Wildman–Crippen LogP) is 5.22. The molecule has 6 atom stereocenters. The maximum absolute atomic E-state index is 13.3. The van der Waals surface area contributed by atoms with Crippen molar-refractivity contribution in [3.05, 3.63) is 35.9 Å². The second-order valence-corrected chi connectivity index (χ2v) is 10.6. The van der Waals surface area contributed by atoms with Crippen LogP contribution in [0.15, 0.2) is 30.3 Å². The second-order valence-electron chi connectivity index (χ2n) is 10.6. The molecule has 5 aliphatic rings. The highest BCUT2D eigenvalue weighted by atomic mass is 16.1. The van der Waals surface area contributed by atoms with Crippen molar-refractivity contribution in [2.45, 2.75) is 82.1 Å². The summed E-state index contributed by atoms with van der Waals surface area (Å²) in [5.41, 5.74) is 2.20. The number of nitrogens with one attached hydrogen (secondary N) is 1. The highest BCUT2D eigenvalue weighted by Crippen LogP contribution is 2.81. The fourth-order valence-electron chi connectivity index (χ4n) is 8.80. The van der Waals surface area contributed by atoms with Crippen LogP contribution in [-0.4, -0.2) is 11.9 Å². The van der Waals surface area contributed by atoms with Gasteiger partial charge in [-0.2, -0.15) is 0 Å². The van der Waals surface area contributed by atoms with Gasteiger partial charge in [0.25, 0.3) is 0 Å². The second kappa shape index (κ2) is 5.84. The van der Waals surface area contributed by atoms with Gasteiger partial charge in [0.15, 0.2) is 0 Å². The number of amides is 1. The van der Waals surface area contributed by atoms with E-state index in [1.165, 1.54) is 69.8 Å². The quantitative estimate of drug-likeness (QED) is 0.781. The molecule has 2 heteroatoms. The molecule has 6 rings (SSSR count). The first-order valence-corrected chi connectivity index (χ1v) is 11.6. The summed E-state index contributed by atoms with van der Waals surface area (Å²) < 4.78 is 0. The van der Waals surface area contributed by atoms with E-state index in [1.54, 1.807) is 0 Å². The average Bonchev–Trinajstić information content (AvgIpc) is 2.97. The van der Waals surface area contributed by atoms with E-state index in [9.17, 15) is 4.79 Å². The Bertz CT molecular complexity index is 738. The molecule has 5 aliphatic carbocycles. The summed E-state index contributed by atoms with van der Waals surface area (Å²) >= 11 is 0. The fourth-order valence-corrected chi connectivity index (χ4v) is 8.80.